The van der Waals surface area contributed by atoms with Crippen LogP contribution in [0, 0.1) is 0 Å². The third-order valence-electron chi connectivity index (χ3n) is 2.95. The van der Waals surface area contributed by atoms with Crippen molar-refractivity contribution in [3.8, 4) is 0 Å². The van der Waals surface area contributed by atoms with Crippen LogP contribution in [-0.2, 0) is 15.5 Å². The number of hydrogen-bond donors (Lipinski definition) is 2. The number of carboxylic acids is 1. The predicted molar refractivity (Wildman–Crippen MR) is 79.5 cm³/mol. The number of carboxylic acid groups (broad SMARTS) is 1. The first kappa shape index (κ1) is 15.0. The maximum absolute atomic E-state index is 12.3. The summed E-state index contributed by atoms with van der Waals surface area (Å²) in [6, 6.07) is 12.2. The highest BCUT2D eigenvalue weighted by molar-refractivity contribution is 7.57. The lowest BCUT2D eigenvalue weighted by Gasteiger charge is -2.17. The van der Waals surface area contributed by atoms with E-state index in [0.717, 1.165) is 4.88 Å². The molecular formula is C14H15O4PS. The summed E-state index contributed by atoms with van der Waals surface area (Å²) < 4.78 is 12.3. The summed E-state index contributed by atoms with van der Waals surface area (Å²) in [4.78, 5) is 22.2. The first-order valence-electron chi connectivity index (χ1n) is 6.09. The first-order chi connectivity index (χ1) is 9.48. The maximum atomic E-state index is 12.3. The fraction of sp³-hybridized carbons (Fsp3) is 0.214. The predicted octanol–water partition coefficient (Wildman–Crippen LogP) is 3.39. The van der Waals surface area contributed by atoms with Gasteiger partial charge in [-0.15, -0.1) is 11.3 Å². The largest absolute Gasteiger partial charge is 0.481 e. The topological polar surface area (TPSA) is 74.6 Å². The van der Waals surface area contributed by atoms with E-state index in [9.17, 15) is 19.4 Å². The Balaban J connectivity index is 2.16. The number of thiophene rings is 1. The molecule has 2 atom stereocenters. The molecule has 4 nitrogen and oxygen atoms in total. The van der Waals surface area contributed by atoms with Crippen molar-refractivity contribution >= 4 is 24.7 Å². The van der Waals surface area contributed by atoms with Crippen molar-refractivity contribution in [2.75, 3.05) is 6.16 Å². The molecule has 0 aliphatic heterocycles. The maximum Gasteiger partial charge on any atom is 0.311 e. The second-order valence-corrected chi connectivity index (χ2v) is 7.97. The van der Waals surface area contributed by atoms with Crippen molar-refractivity contribution in [1.82, 2.24) is 0 Å². The fourth-order valence-electron chi connectivity index (χ4n) is 2.01. The summed E-state index contributed by atoms with van der Waals surface area (Å²) in [5, 5.41) is 11.1. The van der Waals surface area contributed by atoms with Crippen molar-refractivity contribution in [3.05, 3.63) is 58.3 Å². The van der Waals surface area contributed by atoms with Crippen LogP contribution in [0.4, 0.5) is 0 Å². The number of hydrogen-bond acceptors (Lipinski definition) is 3. The van der Waals surface area contributed by atoms with Crippen molar-refractivity contribution in [3.63, 3.8) is 0 Å². The Bertz CT molecular complexity index is 609. The van der Waals surface area contributed by atoms with Gasteiger partial charge in [-0.1, -0.05) is 36.4 Å². The van der Waals surface area contributed by atoms with E-state index in [0.29, 0.717) is 5.56 Å². The van der Waals surface area contributed by atoms with Gasteiger partial charge in [-0.25, -0.2) is 0 Å². The van der Waals surface area contributed by atoms with E-state index in [4.69, 9.17) is 0 Å². The normalized spacial score (nSPS) is 15.4. The minimum absolute atomic E-state index is 0.0290. The van der Waals surface area contributed by atoms with Crippen LogP contribution in [0.5, 0.6) is 0 Å². The van der Waals surface area contributed by atoms with E-state index in [1.165, 1.54) is 11.3 Å². The van der Waals surface area contributed by atoms with Crippen LogP contribution < -0.4 is 0 Å². The molecule has 2 aromatic rings. The SMILES string of the molecule is O=C(O)C(CP(=O)(O)Cc1cccs1)c1ccccc1. The van der Waals surface area contributed by atoms with E-state index in [2.05, 4.69) is 0 Å². The highest BCUT2D eigenvalue weighted by Gasteiger charge is 2.30. The highest BCUT2D eigenvalue weighted by Crippen LogP contribution is 2.48. The van der Waals surface area contributed by atoms with Gasteiger partial charge in [0, 0.05) is 11.0 Å². The zero-order valence-electron chi connectivity index (χ0n) is 10.7. The van der Waals surface area contributed by atoms with Gasteiger partial charge in [0.25, 0.3) is 0 Å². The molecule has 0 spiro atoms. The van der Waals surface area contributed by atoms with E-state index in [1.54, 1.807) is 36.4 Å². The third kappa shape index (κ3) is 4.04. The molecule has 1 aromatic heterocycles. The van der Waals surface area contributed by atoms with Crippen LogP contribution >= 0.6 is 18.7 Å². The Kier molecular flexibility index (Phi) is 4.76. The quantitative estimate of drug-likeness (QED) is 0.802. The molecule has 0 aliphatic rings. The number of aliphatic carboxylic acids is 1. The minimum Gasteiger partial charge on any atom is -0.481 e. The zero-order valence-corrected chi connectivity index (χ0v) is 12.4. The molecule has 0 saturated heterocycles. The lowest BCUT2D eigenvalue weighted by atomic mass is 10.0. The lowest BCUT2D eigenvalue weighted by molar-refractivity contribution is -0.138. The van der Waals surface area contributed by atoms with Crippen LogP contribution in [0.1, 0.15) is 16.4 Å². The molecule has 2 N–H and O–H groups in total. The van der Waals surface area contributed by atoms with Gasteiger partial charge in [0.05, 0.1) is 12.1 Å². The summed E-state index contributed by atoms with van der Waals surface area (Å²) in [6.45, 7) is 0. The molecule has 20 heavy (non-hydrogen) atoms. The number of carbonyl (C=O) groups is 1. The molecule has 6 heteroatoms. The molecule has 106 valence electrons. The van der Waals surface area contributed by atoms with Gasteiger partial charge in [0.2, 0.25) is 7.37 Å². The molecule has 0 bridgehead atoms. The first-order valence-corrected chi connectivity index (χ1v) is 9.00. The van der Waals surface area contributed by atoms with Gasteiger partial charge < -0.3 is 10.00 Å². The van der Waals surface area contributed by atoms with Crippen molar-refractivity contribution in [2.45, 2.75) is 12.1 Å². The van der Waals surface area contributed by atoms with E-state index in [-0.39, 0.29) is 12.3 Å². The Morgan fingerprint density at radius 2 is 1.90 bits per heavy atom. The number of benzene rings is 1. The summed E-state index contributed by atoms with van der Waals surface area (Å²) >= 11 is 1.40. The molecule has 0 amide bonds. The van der Waals surface area contributed by atoms with Gasteiger partial charge in [0.15, 0.2) is 0 Å². The van der Waals surface area contributed by atoms with Crippen LogP contribution in [0.25, 0.3) is 0 Å². The van der Waals surface area contributed by atoms with E-state index < -0.39 is 19.3 Å². The summed E-state index contributed by atoms with van der Waals surface area (Å²) in [5.74, 6) is -2.02. The van der Waals surface area contributed by atoms with Crippen LogP contribution in [0.2, 0.25) is 0 Å². The number of rotatable bonds is 6. The summed E-state index contributed by atoms with van der Waals surface area (Å²) in [7, 11) is -3.53. The Morgan fingerprint density at radius 3 is 2.45 bits per heavy atom. The average molecular weight is 310 g/mol. The van der Waals surface area contributed by atoms with Gasteiger partial charge in [0.1, 0.15) is 0 Å². The fourth-order valence-corrected chi connectivity index (χ4v) is 5.06. The van der Waals surface area contributed by atoms with Gasteiger partial charge in [-0.05, 0) is 17.0 Å². The highest BCUT2D eigenvalue weighted by atomic mass is 32.1. The molecule has 0 aliphatic carbocycles. The van der Waals surface area contributed by atoms with Crippen LogP contribution in [0.3, 0.4) is 0 Å². The van der Waals surface area contributed by atoms with Crippen molar-refractivity contribution in [1.29, 1.82) is 0 Å². The van der Waals surface area contributed by atoms with Gasteiger partial charge in [-0.3, -0.25) is 9.36 Å². The molecule has 0 saturated carbocycles. The summed E-state index contributed by atoms with van der Waals surface area (Å²) in [5.41, 5.74) is 0.556. The van der Waals surface area contributed by atoms with Gasteiger partial charge in [-0.2, -0.15) is 0 Å². The second-order valence-electron chi connectivity index (χ2n) is 4.57. The van der Waals surface area contributed by atoms with Crippen LogP contribution in [0.15, 0.2) is 47.8 Å². The Morgan fingerprint density at radius 1 is 1.20 bits per heavy atom. The molecule has 2 rings (SSSR count). The Labute approximate surface area is 121 Å². The van der Waals surface area contributed by atoms with Gasteiger partial charge >= 0.3 is 5.97 Å². The van der Waals surface area contributed by atoms with E-state index >= 15 is 0 Å². The smallest absolute Gasteiger partial charge is 0.311 e. The summed E-state index contributed by atoms with van der Waals surface area (Å²) in [6.07, 6.45) is -0.217. The monoisotopic (exact) mass is 310 g/mol. The second kappa shape index (κ2) is 6.35. The molecule has 1 heterocycles. The lowest BCUT2D eigenvalue weighted by Crippen LogP contribution is -2.16. The van der Waals surface area contributed by atoms with Crippen molar-refractivity contribution < 1.29 is 19.4 Å². The molecule has 1 aromatic carbocycles. The van der Waals surface area contributed by atoms with Crippen LogP contribution in [-0.4, -0.2) is 22.1 Å². The zero-order chi connectivity index (χ0) is 14.6. The molecular weight excluding hydrogens is 295 g/mol. The molecule has 0 radical (unpaired) electrons. The third-order valence-corrected chi connectivity index (χ3v) is 5.81. The van der Waals surface area contributed by atoms with Crippen molar-refractivity contribution in [2.24, 2.45) is 0 Å². The molecule has 2 unspecified atom stereocenters. The van der Waals surface area contributed by atoms with E-state index in [1.807, 2.05) is 11.4 Å². The average Bonchev–Trinajstić information content (AvgIpc) is 2.89. The minimum atomic E-state index is -3.53. The standard InChI is InChI=1S/C14H15O4PS/c15-14(16)13(11-5-2-1-3-6-11)10-19(17,18)9-12-7-4-8-20-12/h1-8,13H,9-10H2,(H,15,16)(H,17,18). The Hall–Kier alpha value is -1.42. The molecule has 0 fully saturated rings.